The Morgan fingerprint density at radius 2 is 2.03 bits per heavy atom. The molecule has 1 aliphatic carbocycles. The highest BCUT2D eigenvalue weighted by molar-refractivity contribution is 6.42. The highest BCUT2D eigenvalue weighted by atomic mass is 35.5. The van der Waals surface area contributed by atoms with Gasteiger partial charge in [0.15, 0.2) is 0 Å². The van der Waals surface area contributed by atoms with Gasteiger partial charge in [-0.3, -0.25) is 14.5 Å². The number of nitrogens with zero attached hydrogens (tertiary/aromatic N) is 1. The first kappa shape index (κ1) is 25.7. The smallest absolute Gasteiger partial charge is 0.308 e. The molecule has 1 heterocycles. The summed E-state index contributed by atoms with van der Waals surface area (Å²) in [5, 5.41) is 4.22. The summed E-state index contributed by atoms with van der Waals surface area (Å²) >= 11 is 12.1. The molecule has 4 rings (SSSR count). The topological polar surface area (TPSA) is 58.6 Å². The minimum atomic E-state index is -0.326. The van der Waals surface area contributed by atoms with Gasteiger partial charge >= 0.3 is 5.97 Å². The molecule has 2 fully saturated rings. The van der Waals surface area contributed by atoms with Gasteiger partial charge in [0, 0.05) is 31.5 Å². The van der Waals surface area contributed by atoms with E-state index < -0.39 is 0 Å². The second-order valence-corrected chi connectivity index (χ2v) is 10.6. The fourth-order valence-corrected chi connectivity index (χ4v) is 6.16. The third kappa shape index (κ3) is 6.08. The molecule has 0 spiro atoms. The SMILES string of the molecule is C=CCN1CCC2(c3cccc(OC(C)=O)c3)CC(NC(=O)Cc3ccc(Cl)c(Cl)c3)CCC2C1. The molecular weight excluding hydrogens is 483 g/mol. The molecule has 0 aromatic heterocycles. The molecule has 1 saturated carbocycles. The van der Waals surface area contributed by atoms with Gasteiger partial charge in [0.25, 0.3) is 0 Å². The van der Waals surface area contributed by atoms with Crippen molar-refractivity contribution in [1.29, 1.82) is 0 Å². The van der Waals surface area contributed by atoms with E-state index in [4.69, 9.17) is 27.9 Å². The predicted octanol–water partition coefficient (Wildman–Crippen LogP) is 5.58. The summed E-state index contributed by atoms with van der Waals surface area (Å²) < 4.78 is 5.41. The van der Waals surface area contributed by atoms with Crippen LogP contribution in [0.3, 0.4) is 0 Å². The first-order valence-electron chi connectivity index (χ1n) is 12.1. The molecule has 1 aliphatic heterocycles. The van der Waals surface area contributed by atoms with E-state index in [1.165, 1.54) is 12.5 Å². The molecule has 2 aromatic carbocycles. The number of halogens is 2. The molecule has 35 heavy (non-hydrogen) atoms. The summed E-state index contributed by atoms with van der Waals surface area (Å²) in [4.78, 5) is 26.9. The number of rotatable bonds is 7. The first-order chi connectivity index (χ1) is 16.8. The van der Waals surface area contributed by atoms with Gasteiger partial charge in [0.1, 0.15) is 5.75 Å². The van der Waals surface area contributed by atoms with Crippen LogP contribution in [0.4, 0.5) is 0 Å². The van der Waals surface area contributed by atoms with Crippen LogP contribution in [-0.4, -0.2) is 42.5 Å². The summed E-state index contributed by atoms with van der Waals surface area (Å²) in [6.07, 6.45) is 6.01. The number of hydrogen-bond acceptors (Lipinski definition) is 4. The summed E-state index contributed by atoms with van der Waals surface area (Å²) in [5.74, 6) is 0.683. The number of fused-ring (bicyclic) bond motifs is 1. The van der Waals surface area contributed by atoms with Crippen molar-refractivity contribution in [2.24, 2.45) is 5.92 Å². The first-order valence-corrected chi connectivity index (χ1v) is 12.9. The molecule has 1 amide bonds. The van der Waals surface area contributed by atoms with Crippen LogP contribution in [0, 0.1) is 5.92 Å². The monoisotopic (exact) mass is 514 g/mol. The average molecular weight is 515 g/mol. The third-order valence-electron chi connectivity index (χ3n) is 7.38. The van der Waals surface area contributed by atoms with E-state index >= 15 is 0 Å². The molecule has 0 bridgehead atoms. The van der Waals surface area contributed by atoms with Crippen molar-refractivity contribution >= 4 is 35.1 Å². The Balaban J connectivity index is 1.54. The fourth-order valence-electron chi connectivity index (χ4n) is 5.84. The maximum absolute atomic E-state index is 12.9. The van der Waals surface area contributed by atoms with Crippen molar-refractivity contribution in [1.82, 2.24) is 10.2 Å². The van der Waals surface area contributed by atoms with Crippen LogP contribution in [0.15, 0.2) is 55.1 Å². The number of carbonyl (C=O) groups excluding carboxylic acids is 2. The molecule has 1 N–H and O–H groups in total. The zero-order valence-corrected chi connectivity index (χ0v) is 21.6. The minimum absolute atomic E-state index is 0.0141. The molecule has 1 saturated heterocycles. The van der Waals surface area contributed by atoms with Crippen LogP contribution in [0.25, 0.3) is 0 Å². The van der Waals surface area contributed by atoms with E-state index in [9.17, 15) is 9.59 Å². The molecule has 7 heteroatoms. The van der Waals surface area contributed by atoms with Gasteiger partial charge in [-0.25, -0.2) is 0 Å². The normalized spacial score (nSPS) is 24.3. The van der Waals surface area contributed by atoms with Crippen molar-refractivity contribution < 1.29 is 14.3 Å². The quantitative estimate of drug-likeness (QED) is 0.297. The van der Waals surface area contributed by atoms with E-state index in [2.05, 4.69) is 22.9 Å². The van der Waals surface area contributed by atoms with Crippen molar-refractivity contribution in [2.75, 3.05) is 19.6 Å². The number of ether oxygens (including phenoxy) is 1. The van der Waals surface area contributed by atoms with Crippen LogP contribution in [0.2, 0.25) is 10.0 Å². The largest absolute Gasteiger partial charge is 0.427 e. The molecule has 2 aromatic rings. The number of likely N-dealkylation sites (tertiary alicyclic amines) is 1. The lowest BCUT2D eigenvalue weighted by molar-refractivity contribution is -0.132. The van der Waals surface area contributed by atoms with Crippen LogP contribution in [0.5, 0.6) is 5.75 Å². The molecule has 0 radical (unpaired) electrons. The zero-order valence-electron chi connectivity index (χ0n) is 20.1. The number of piperidine rings is 1. The van der Waals surface area contributed by atoms with E-state index in [-0.39, 0.29) is 29.8 Å². The summed E-state index contributed by atoms with van der Waals surface area (Å²) in [5.41, 5.74) is 1.93. The predicted molar refractivity (Wildman–Crippen MR) is 140 cm³/mol. The average Bonchev–Trinajstić information content (AvgIpc) is 2.81. The second-order valence-electron chi connectivity index (χ2n) is 9.74. The number of carbonyl (C=O) groups is 2. The van der Waals surface area contributed by atoms with E-state index in [1.54, 1.807) is 12.1 Å². The van der Waals surface area contributed by atoms with Crippen molar-refractivity contribution in [3.8, 4) is 5.75 Å². The van der Waals surface area contributed by atoms with Crippen molar-refractivity contribution in [2.45, 2.75) is 50.5 Å². The van der Waals surface area contributed by atoms with Gasteiger partial charge in [-0.1, -0.05) is 47.5 Å². The fraction of sp³-hybridized carbons (Fsp3) is 0.429. The molecule has 5 nitrogen and oxygen atoms in total. The van der Waals surface area contributed by atoms with Gasteiger partial charge in [0.05, 0.1) is 16.5 Å². The Morgan fingerprint density at radius 1 is 1.20 bits per heavy atom. The van der Waals surface area contributed by atoms with Crippen LogP contribution >= 0.6 is 23.2 Å². The Morgan fingerprint density at radius 3 is 2.77 bits per heavy atom. The molecule has 186 valence electrons. The number of nitrogens with one attached hydrogen (secondary N) is 1. The number of benzene rings is 2. The lowest BCUT2D eigenvalue weighted by Crippen LogP contribution is -2.56. The van der Waals surface area contributed by atoms with E-state index in [0.717, 1.165) is 50.9 Å². The lowest BCUT2D eigenvalue weighted by Gasteiger charge is -2.53. The highest BCUT2D eigenvalue weighted by Crippen LogP contribution is 2.49. The highest BCUT2D eigenvalue weighted by Gasteiger charge is 2.48. The van der Waals surface area contributed by atoms with Crippen molar-refractivity contribution in [3.63, 3.8) is 0 Å². The molecule has 3 unspecified atom stereocenters. The molecular formula is C28H32Cl2N2O3. The Bertz CT molecular complexity index is 1110. The van der Waals surface area contributed by atoms with Crippen molar-refractivity contribution in [3.05, 3.63) is 76.3 Å². The number of amides is 1. The van der Waals surface area contributed by atoms with Gasteiger partial charge < -0.3 is 10.1 Å². The zero-order chi connectivity index (χ0) is 25.0. The minimum Gasteiger partial charge on any atom is -0.427 e. The maximum atomic E-state index is 12.9. The van der Waals surface area contributed by atoms with Crippen LogP contribution < -0.4 is 10.1 Å². The lowest BCUT2D eigenvalue weighted by atomic mass is 9.58. The standard InChI is InChI=1S/C28H32Cl2N2O3/c1-3-12-32-13-11-28(21-5-4-6-24(16-21)35-19(2)33)17-23(9-8-22(28)18-32)31-27(34)15-20-7-10-25(29)26(30)14-20/h3-7,10,14,16,22-23H,1,8-9,11-13,15,17-18H2,2H3,(H,31,34). The van der Waals surface area contributed by atoms with Crippen LogP contribution in [-0.2, 0) is 21.4 Å². The maximum Gasteiger partial charge on any atom is 0.308 e. The van der Waals surface area contributed by atoms with E-state index in [0.29, 0.717) is 21.7 Å². The third-order valence-corrected chi connectivity index (χ3v) is 8.12. The summed E-state index contributed by atoms with van der Waals surface area (Å²) in [7, 11) is 0. The van der Waals surface area contributed by atoms with Crippen LogP contribution in [0.1, 0.15) is 43.7 Å². The Labute approximate surface area is 217 Å². The van der Waals surface area contributed by atoms with E-state index in [1.807, 2.05) is 30.3 Å². The second kappa shape index (κ2) is 11.2. The Hall–Kier alpha value is -2.34. The Kier molecular flexibility index (Phi) is 8.20. The molecule has 2 aliphatic rings. The number of hydrogen-bond donors (Lipinski definition) is 1. The van der Waals surface area contributed by atoms with Gasteiger partial charge in [-0.2, -0.15) is 0 Å². The van der Waals surface area contributed by atoms with Gasteiger partial charge in [-0.15, -0.1) is 6.58 Å². The number of esters is 1. The van der Waals surface area contributed by atoms with Gasteiger partial charge in [-0.05, 0) is 73.5 Å². The summed E-state index contributed by atoms with van der Waals surface area (Å²) in [6, 6.07) is 13.3. The molecule has 3 atom stereocenters. The van der Waals surface area contributed by atoms with Gasteiger partial charge in [0.2, 0.25) is 5.91 Å². The summed E-state index contributed by atoms with van der Waals surface area (Å²) in [6.45, 7) is 8.16.